The molecule has 76 valence electrons. The number of carbonyl (C=O) groups is 3. The number of hydrogen-bond acceptors (Lipinski definition) is 4. The molecule has 0 bridgehead atoms. The maximum atomic E-state index is 9.68. The van der Waals surface area contributed by atoms with E-state index in [-0.39, 0.29) is 6.42 Å². The van der Waals surface area contributed by atoms with Gasteiger partial charge in [0.2, 0.25) is 0 Å². The first-order chi connectivity index (χ1) is 5.82. The van der Waals surface area contributed by atoms with Crippen LogP contribution in [0.5, 0.6) is 0 Å². The summed E-state index contributed by atoms with van der Waals surface area (Å²) in [5.41, 5.74) is 0. The van der Waals surface area contributed by atoms with E-state index in [1.807, 2.05) is 0 Å². The first kappa shape index (κ1) is 13.9. The summed E-state index contributed by atoms with van der Waals surface area (Å²) in [7, 11) is 0. The molecule has 0 saturated heterocycles. The van der Waals surface area contributed by atoms with Gasteiger partial charge in [-0.25, -0.2) is 14.4 Å². The van der Waals surface area contributed by atoms with E-state index in [0.29, 0.717) is 0 Å². The molecule has 0 saturated carbocycles. The highest BCUT2D eigenvalue weighted by molar-refractivity contribution is 6.27. The van der Waals surface area contributed by atoms with Crippen molar-refractivity contribution in [1.29, 1.82) is 0 Å². The number of carboxylic acids is 3. The Hall–Kier alpha value is -1.63. The van der Waals surface area contributed by atoms with Gasteiger partial charge < -0.3 is 20.4 Å². The number of aliphatic hydroxyl groups excluding tert-OH is 1. The standard InChI is InChI=1S/C4H8O3.C2H2O4/c1-2-3(5)4(6)7;3-1(4)2(5)6/h3,5H,2H2,1H3,(H,6,7);(H,3,4)(H,5,6). The zero-order valence-corrected chi connectivity index (χ0v) is 6.80. The van der Waals surface area contributed by atoms with E-state index in [4.69, 9.17) is 30.0 Å². The van der Waals surface area contributed by atoms with Crippen LogP contribution in [0.3, 0.4) is 0 Å². The van der Waals surface area contributed by atoms with Gasteiger partial charge in [0, 0.05) is 0 Å². The number of aliphatic hydroxyl groups is 1. The molecule has 0 rings (SSSR count). The lowest BCUT2D eigenvalue weighted by atomic mass is 10.3. The predicted octanol–water partition coefficient (Wildman–Crippen LogP) is -1.00. The van der Waals surface area contributed by atoms with Crippen LogP contribution < -0.4 is 0 Å². The molecule has 0 aliphatic rings. The van der Waals surface area contributed by atoms with Crippen LogP contribution in [0.2, 0.25) is 0 Å². The molecule has 1 atom stereocenters. The smallest absolute Gasteiger partial charge is 0.414 e. The zero-order valence-electron chi connectivity index (χ0n) is 6.80. The minimum absolute atomic E-state index is 0.273. The third kappa shape index (κ3) is 10.4. The molecule has 0 aliphatic carbocycles. The van der Waals surface area contributed by atoms with Gasteiger partial charge in [-0.05, 0) is 6.42 Å². The Kier molecular flexibility index (Phi) is 7.54. The second-order valence-corrected chi connectivity index (χ2v) is 1.87. The maximum absolute atomic E-state index is 9.68. The molecular weight excluding hydrogens is 184 g/mol. The minimum Gasteiger partial charge on any atom is -0.479 e. The summed E-state index contributed by atoms with van der Waals surface area (Å²) in [6.45, 7) is 1.61. The Balaban J connectivity index is 0. The van der Waals surface area contributed by atoms with E-state index in [9.17, 15) is 4.79 Å². The third-order valence-electron chi connectivity index (χ3n) is 0.855. The first-order valence-electron chi connectivity index (χ1n) is 3.20. The van der Waals surface area contributed by atoms with Crippen LogP contribution in [-0.4, -0.2) is 44.4 Å². The molecule has 0 aliphatic heterocycles. The van der Waals surface area contributed by atoms with E-state index in [1.165, 1.54) is 0 Å². The molecule has 13 heavy (non-hydrogen) atoms. The molecule has 0 amide bonds. The topological polar surface area (TPSA) is 132 Å². The summed E-state index contributed by atoms with van der Waals surface area (Å²) < 4.78 is 0. The van der Waals surface area contributed by atoms with E-state index in [2.05, 4.69) is 0 Å². The highest BCUT2D eigenvalue weighted by atomic mass is 16.4. The van der Waals surface area contributed by atoms with Crippen molar-refractivity contribution in [3.8, 4) is 0 Å². The Bertz CT molecular complexity index is 185. The van der Waals surface area contributed by atoms with Crippen LogP contribution in [0.25, 0.3) is 0 Å². The van der Waals surface area contributed by atoms with Gasteiger partial charge in [-0.2, -0.15) is 0 Å². The van der Waals surface area contributed by atoms with Crippen LogP contribution in [0.1, 0.15) is 13.3 Å². The van der Waals surface area contributed by atoms with Crippen molar-refractivity contribution in [2.45, 2.75) is 19.4 Å². The molecule has 0 fully saturated rings. The van der Waals surface area contributed by atoms with Crippen LogP contribution in [0.4, 0.5) is 0 Å². The van der Waals surface area contributed by atoms with Crippen LogP contribution in [-0.2, 0) is 14.4 Å². The number of carboxylic acid groups (broad SMARTS) is 3. The second-order valence-electron chi connectivity index (χ2n) is 1.87. The second kappa shape index (κ2) is 7.04. The third-order valence-corrected chi connectivity index (χ3v) is 0.855. The van der Waals surface area contributed by atoms with Gasteiger partial charge in [0.15, 0.2) is 6.10 Å². The molecule has 0 radical (unpaired) electrons. The predicted molar refractivity (Wildman–Crippen MR) is 39.2 cm³/mol. The van der Waals surface area contributed by atoms with Gasteiger partial charge in [-0.1, -0.05) is 6.92 Å². The number of aliphatic carboxylic acids is 3. The zero-order chi connectivity index (χ0) is 11.0. The lowest BCUT2D eigenvalue weighted by Gasteiger charge is -1.95. The number of rotatable bonds is 2. The van der Waals surface area contributed by atoms with Gasteiger partial charge in [0.1, 0.15) is 0 Å². The minimum atomic E-state index is -1.82. The van der Waals surface area contributed by atoms with Crippen molar-refractivity contribution >= 4 is 17.9 Å². The van der Waals surface area contributed by atoms with Gasteiger partial charge in [-0.15, -0.1) is 0 Å². The summed E-state index contributed by atoms with van der Waals surface area (Å²) in [6.07, 6.45) is -0.907. The van der Waals surface area contributed by atoms with Crippen LogP contribution in [0.15, 0.2) is 0 Å². The van der Waals surface area contributed by atoms with Crippen molar-refractivity contribution in [3.63, 3.8) is 0 Å². The quantitative estimate of drug-likeness (QED) is 0.414. The summed E-state index contributed by atoms with van der Waals surface area (Å²) in [5.74, 6) is -4.80. The van der Waals surface area contributed by atoms with Gasteiger partial charge in [0.05, 0.1) is 0 Å². The molecule has 0 aromatic rings. The monoisotopic (exact) mass is 194 g/mol. The van der Waals surface area contributed by atoms with Crippen molar-refractivity contribution in [2.24, 2.45) is 0 Å². The van der Waals surface area contributed by atoms with Crippen molar-refractivity contribution in [3.05, 3.63) is 0 Å². The van der Waals surface area contributed by atoms with E-state index >= 15 is 0 Å². The van der Waals surface area contributed by atoms with E-state index < -0.39 is 24.0 Å². The Morgan fingerprint density at radius 1 is 1.08 bits per heavy atom. The van der Waals surface area contributed by atoms with E-state index in [1.54, 1.807) is 6.92 Å². The highest BCUT2D eigenvalue weighted by Gasteiger charge is 2.07. The summed E-state index contributed by atoms with van der Waals surface area (Å²) in [6, 6.07) is 0. The molecule has 0 aromatic heterocycles. The molecule has 7 nitrogen and oxygen atoms in total. The van der Waals surface area contributed by atoms with E-state index in [0.717, 1.165) is 0 Å². The van der Waals surface area contributed by atoms with Gasteiger partial charge in [0.25, 0.3) is 0 Å². The molecule has 4 N–H and O–H groups in total. The average Bonchev–Trinajstić information content (AvgIpc) is 2.03. The molecule has 1 unspecified atom stereocenters. The van der Waals surface area contributed by atoms with Crippen LogP contribution >= 0.6 is 0 Å². The van der Waals surface area contributed by atoms with Gasteiger partial charge in [-0.3, -0.25) is 0 Å². The van der Waals surface area contributed by atoms with Crippen molar-refractivity contribution in [2.75, 3.05) is 0 Å². The highest BCUT2D eigenvalue weighted by Crippen LogP contribution is 1.86. The lowest BCUT2D eigenvalue weighted by Crippen LogP contribution is -2.17. The Labute approximate surface area is 73.2 Å². The fourth-order valence-corrected chi connectivity index (χ4v) is 0.175. The van der Waals surface area contributed by atoms with Crippen molar-refractivity contribution < 1.29 is 34.8 Å². The fraction of sp³-hybridized carbons (Fsp3) is 0.500. The fourth-order valence-electron chi connectivity index (χ4n) is 0.175. The largest absolute Gasteiger partial charge is 0.479 e. The summed E-state index contributed by atoms with van der Waals surface area (Å²) >= 11 is 0. The maximum Gasteiger partial charge on any atom is 0.414 e. The number of hydrogen-bond donors (Lipinski definition) is 4. The Morgan fingerprint density at radius 3 is 1.38 bits per heavy atom. The summed E-state index contributed by atoms with van der Waals surface area (Å²) in [5, 5.41) is 31.1. The average molecular weight is 194 g/mol. The normalized spacial score (nSPS) is 10.6. The van der Waals surface area contributed by atoms with Crippen molar-refractivity contribution in [1.82, 2.24) is 0 Å². The molecule has 0 spiro atoms. The van der Waals surface area contributed by atoms with Crippen LogP contribution in [0, 0.1) is 0 Å². The first-order valence-corrected chi connectivity index (χ1v) is 3.20. The Morgan fingerprint density at radius 2 is 1.38 bits per heavy atom. The van der Waals surface area contributed by atoms with Gasteiger partial charge >= 0.3 is 17.9 Å². The molecule has 7 heteroatoms. The molecular formula is C6H10O7. The summed E-state index contributed by atoms with van der Waals surface area (Å²) in [4.78, 5) is 27.9. The SMILES string of the molecule is CCC(O)C(=O)O.O=C(O)C(=O)O. The molecule has 0 heterocycles. The molecule has 0 aromatic carbocycles. The lowest BCUT2D eigenvalue weighted by molar-refractivity contribution is -0.159.